The highest BCUT2D eigenvalue weighted by atomic mass is 32.1. The molecule has 4 heteroatoms. The van der Waals surface area contributed by atoms with Crippen LogP contribution in [0.25, 0.3) is 73.7 Å². The van der Waals surface area contributed by atoms with Gasteiger partial charge in [0.1, 0.15) is 0 Å². The van der Waals surface area contributed by atoms with Crippen molar-refractivity contribution in [3.63, 3.8) is 0 Å². The predicted molar refractivity (Wildman–Crippen MR) is 287 cm³/mol. The quantitative estimate of drug-likeness (QED) is 0.143. The number of para-hydroxylation sites is 2. The Labute approximate surface area is 393 Å². The van der Waals surface area contributed by atoms with E-state index < -0.39 is 0 Å². The summed E-state index contributed by atoms with van der Waals surface area (Å²) in [5.74, 6) is 0. The first-order chi connectivity index (χ1) is 32.6. The maximum absolute atomic E-state index is 2.48. The molecule has 0 fully saturated rings. The molecule has 0 spiro atoms. The SMILES string of the molecule is Cc1cc(N(c2ccccc2-c2ccccc2)c2cccc3c2sc2ccccc23)ccc1-c1ccc(N(c2ccccc2-c2ccccc2)c2cccc3c2sc2ccccc23)cc1C. The van der Waals surface area contributed by atoms with Crippen molar-refractivity contribution in [2.75, 3.05) is 9.80 Å². The van der Waals surface area contributed by atoms with Crippen LogP contribution in [0.3, 0.4) is 0 Å². The summed E-state index contributed by atoms with van der Waals surface area (Å²) in [6, 6.07) is 84.3. The van der Waals surface area contributed by atoms with Crippen LogP contribution in [-0.2, 0) is 0 Å². The van der Waals surface area contributed by atoms with Crippen LogP contribution < -0.4 is 9.80 Å². The Bertz CT molecular complexity index is 3500. The monoisotopic (exact) mass is 880 g/mol. The van der Waals surface area contributed by atoms with Crippen molar-refractivity contribution in [3.05, 3.63) is 242 Å². The molecule has 2 heterocycles. The smallest absolute Gasteiger partial charge is 0.0640 e. The van der Waals surface area contributed by atoms with Crippen molar-refractivity contribution >= 4 is 97.1 Å². The maximum atomic E-state index is 2.48. The predicted octanol–water partition coefficient (Wildman–Crippen LogP) is 19.0. The first-order valence-corrected chi connectivity index (χ1v) is 24.1. The largest absolute Gasteiger partial charge is 0.308 e. The molecule has 0 aliphatic carbocycles. The molecule has 2 aromatic heterocycles. The van der Waals surface area contributed by atoms with Crippen LogP contribution in [-0.4, -0.2) is 0 Å². The standard InChI is InChI=1S/C62H44N2S2/c1-41-39-45(63(55-29-13-9-23-49(55)43-19-5-3-6-20-43)57-31-17-27-53-51-25-11-15-33-59(51)65-61(53)57)35-37-47(41)48-38-36-46(40-42(48)2)64(56-30-14-10-24-50(56)44-21-7-4-8-22-44)58-32-18-28-54-52-26-12-16-34-60(52)66-62(54)58/h3-40H,1-2H3. The van der Waals surface area contributed by atoms with Gasteiger partial charge < -0.3 is 9.80 Å². The zero-order valence-electron chi connectivity index (χ0n) is 36.7. The molecule has 10 aromatic carbocycles. The van der Waals surface area contributed by atoms with E-state index in [0.717, 1.165) is 22.7 Å². The Kier molecular flexibility index (Phi) is 10.0. The van der Waals surface area contributed by atoms with Crippen LogP contribution in [0.5, 0.6) is 0 Å². The maximum Gasteiger partial charge on any atom is 0.0640 e. The van der Waals surface area contributed by atoms with E-state index in [2.05, 4.69) is 254 Å². The molecule has 0 saturated heterocycles. The third-order valence-electron chi connectivity index (χ3n) is 12.9. The van der Waals surface area contributed by atoms with Gasteiger partial charge in [0, 0.05) is 53.4 Å². The number of benzene rings is 10. The van der Waals surface area contributed by atoms with Crippen molar-refractivity contribution in [1.29, 1.82) is 0 Å². The van der Waals surface area contributed by atoms with E-state index in [1.54, 1.807) is 0 Å². The molecule has 0 radical (unpaired) electrons. The second-order valence-electron chi connectivity index (χ2n) is 16.9. The summed E-state index contributed by atoms with van der Waals surface area (Å²) in [4.78, 5) is 4.95. The molecule has 2 nitrogen and oxygen atoms in total. The molecular formula is C62H44N2S2. The molecule has 0 aliphatic rings. The number of fused-ring (bicyclic) bond motifs is 6. The summed E-state index contributed by atoms with van der Waals surface area (Å²) in [5, 5.41) is 5.15. The lowest BCUT2D eigenvalue weighted by atomic mass is 9.94. The Morgan fingerprint density at radius 2 is 0.652 bits per heavy atom. The minimum Gasteiger partial charge on any atom is -0.308 e. The first kappa shape index (κ1) is 39.8. The second-order valence-corrected chi connectivity index (χ2v) is 19.0. The third-order valence-corrected chi connectivity index (χ3v) is 15.4. The number of thiophene rings is 2. The average molecular weight is 881 g/mol. The van der Waals surface area contributed by atoms with Crippen LogP contribution in [0.4, 0.5) is 34.1 Å². The van der Waals surface area contributed by atoms with Gasteiger partial charge in [0.05, 0.1) is 32.1 Å². The van der Waals surface area contributed by atoms with Crippen molar-refractivity contribution in [2.45, 2.75) is 13.8 Å². The van der Waals surface area contributed by atoms with Gasteiger partial charge in [-0.15, -0.1) is 22.7 Å². The number of rotatable bonds is 9. The van der Waals surface area contributed by atoms with E-state index in [9.17, 15) is 0 Å². The van der Waals surface area contributed by atoms with Crippen LogP contribution in [0.1, 0.15) is 11.1 Å². The van der Waals surface area contributed by atoms with Crippen molar-refractivity contribution in [2.24, 2.45) is 0 Å². The van der Waals surface area contributed by atoms with Crippen LogP contribution >= 0.6 is 22.7 Å². The summed E-state index contributed by atoms with van der Waals surface area (Å²) >= 11 is 3.74. The molecule has 12 aromatic rings. The normalized spacial score (nSPS) is 11.5. The van der Waals surface area contributed by atoms with E-state index in [4.69, 9.17) is 0 Å². The number of hydrogen-bond donors (Lipinski definition) is 0. The Balaban J connectivity index is 1.00. The van der Waals surface area contributed by atoms with Crippen LogP contribution in [0, 0.1) is 13.8 Å². The number of nitrogens with zero attached hydrogens (tertiary/aromatic N) is 2. The van der Waals surface area contributed by atoms with Crippen molar-refractivity contribution < 1.29 is 0 Å². The molecular weight excluding hydrogens is 837 g/mol. The van der Waals surface area contributed by atoms with Gasteiger partial charge in [-0.2, -0.15) is 0 Å². The lowest BCUT2D eigenvalue weighted by Crippen LogP contribution is -2.12. The molecule has 0 aliphatic heterocycles. The van der Waals surface area contributed by atoms with E-state index in [0.29, 0.717) is 0 Å². The number of aryl methyl sites for hydroxylation is 2. The molecule has 0 N–H and O–H groups in total. The van der Waals surface area contributed by atoms with E-state index in [1.165, 1.54) is 96.2 Å². The highest BCUT2D eigenvalue weighted by Crippen LogP contribution is 2.50. The van der Waals surface area contributed by atoms with Crippen LogP contribution in [0.2, 0.25) is 0 Å². The third kappa shape index (κ3) is 6.85. The lowest BCUT2D eigenvalue weighted by Gasteiger charge is -2.30. The minimum absolute atomic E-state index is 1.12. The zero-order chi connectivity index (χ0) is 44.1. The zero-order valence-corrected chi connectivity index (χ0v) is 38.3. The van der Waals surface area contributed by atoms with Gasteiger partial charge in [0.25, 0.3) is 0 Å². The minimum atomic E-state index is 1.12. The van der Waals surface area contributed by atoms with Crippen molar-refractivity contribution in [3.8, 4) is 33.4 Å². The summed E-state index contributed by atoms with van der Waals surface area (Å²) in [5.41, 5.74) is 16.5. The van der Waals surface area contributed by atoms with Gasteiger partial charge in [-0.3, -0.25) is 0 Å². The molecule has 66 heavy (non-hydrogen) atoms. The fourth-order valence-corrected chi connectivity index (χ4v) is 12.3. The fourth-order valence-electron chi connectivity index (χ4n) is 9.87. The molecule has 314 valence electrons. The molecule has 0 bridgehead atoms. The van der Waals surface area contributed by atoms with E-state index in [1.807, 2.05) is 22.7 Å². The summed E-state index contributed by atoms with van der Waals surface area (Å²) in [6.45, 7) is 4.52. The first-order valence-electron chi connectivity index (χ1n) is 22.5. The molecule has 0 amide bonds. The van der Waals surface area contributed by atoms with Gasteiger partial charge in [0.2, 0.25) is 0 Å². The highest BCUT2D eigenvalue weighted by molar-refractivity contribution is 7.26. The highest BCUT2D eigenvalue weighted by Gasteiger charge is 2.24. The fraction of sp³-hybridized carbons (Fsp3) is 0.0323. The Morgan fingerprint density at radius 3 is 1.09 bits per heavy atom. The molecule has 0 unspecified atom stereocenters. The molecule has 12 rings (SSSR count). The van der Waals surface area contributed by atoms with Gasteiger partial charge in [-0.05, 0) is 108 Å². The van der Waals surface area contributed by atoms with Gasteiger partial charge in [-0.25, -0.2) is 0 Å². The van der Waals surface area contributed by atoms with Crippen LogP contribution in [0.15, 0.2) is 231 Å². The number of hydrogen-bond acceptors (Lipinski definition) is 4. The Morgan fingerprint density at radius 1 is 0.288 bits per heavy atom. The van der Waals surface area contributed by atoms with Gasteiger partial charge >= 0.3 is 0 Å². The van der Waals surface area contributed by atoms with Crippen molar-refractivity contribution in [1.82, 2.24) is 0 Å². The number of anilines is 6. The van der Waals surface area contributed by atoms with E-state index in [-0.39, 0.29) is 0 Å². The second kappa shape index (κ2) is 16.7. The summed E-state index contributed by atoms with van der Waals surface area (Å²) < 4.78 is 5.15. The lowest BCUT2D eigenvalue weighted by molar-refractivity contribution is 1.27. The Hall–Kier alpha value is -7.76. The molecule has 0 atom stereocenters. The van der Waals surface area contributed by atoms with Gasteiger partial charge in [0.15, 0.2) is 0 Å². The van der Waals surface area contributed by atoms with E-state index >= 15 is 0 Å². The summed E-state index contributed by atoms with van der Waals surface area (Å²) in [6.07, 6.45) is 0. The average Bonchev–Trinajstić information content (AvgIpc) is 3.95. The molecule has 0 saturated carbocycles. The topological polar surface area (TPSA) is 6.48 Å². The van der Waals surface area contributed by atoms with Gasteiger partial charge in [-0.1, -0.05) is 170 Å². The summed E-state index contributed by atoms with van der Waals surface area (Å²) in [7, 11) is 0.